The number of halogens is 3. The van der Waals surface area contributed by atoms with Gasteiger partial charge in [0, 0.05) is 30.4 Å². The van der Waals surface area contributed by atoms with Crippen molar-refractivity contribution in [2.75, 3.05) is 5.32 Å². The number of anilines is 1. The molecule has 1 N–H and O–H groups in total. The molecule has 1 aromatic heterocycles. The minimum absolute atomic E-state index is 0.114. The smallest absolute Gasteiger partial charge is 0.147 e. The fourth-order valence-electron chi connectivity index (χ4n) is 1.61. The van der Waals surface area contributed by atoms with Crippen LogP contribution in [0.15, 0.2) is 29.0 Å². The van der Waals surface area contributed by atoms with E-state index in [1.807, 2.05) is 24.7 Å². The van der Waals surface area contributed by atoms with Crippen molar-refractivity contribution in [2.45, 2.75) is 26.4 Å². The van der Waals surface area contributed by atoms with E-state index in [9.17, 15) is 8.78 Å². The van der Waals surface area contributed by atoms with E-state index in [0.29, 0.717) is 6.54 Å². The summed E-state index contributed by atoms with van der Waals surface area (Å²) in [7, 11) is 0. The van der Waals surface area contributed by atoms with E-state index in [1.54, 1.807) is 6.20 Å². The van der Waals surface area contributed by atoms with Gasteiger partial charge in [0.15, 0.2) is 0 Å². The first-order valence-electron chi connectivity index (χ1n) is 5.89. The van der Waals surface area contributed by atoms with Crippen LogP contribution in [0.2, 0.25) is 0 Å². The molecule has 0 unspecified atom stereocenters. The maximum atomic E-state index is 13.6. The Kier molecular flexibility index (Phi) is 4.19. The van der Waals surface area contributed by atoms with Crippen LogP contribution in [0, 0.1) is 11.6 Å². The highest BCUT2D eigenvalue weighted by Gasteiger charge is 2.08. The number of nitrogens with one attached hydrogen (secondary N) is 1. The fraction of sp³-hybridized carbons (Fsp3) is 0.308. The normalized spacial score (nSPS) is 11.1. The lowest BCUT2D eigenvalue weighted by atomic mass is 10.2. The average Bonchev–Trinajstić information content (AvgIpc) is 2.81. The molecule has 2 rings (SSSR count). The highest BCUT2D eigenvalue weighted by Crippen LogP contribution is 2.23. The molecule has 3 nitrogen and oxygen atoms in total. The van der Waals surface area contributed by atoms with Gasteiger partial charge in [0.25, 0.3) is 0 Å². The molecule has 0 fully saturated rings. The van der Waals surface area contributed by atoms with Gasteiger partial charge < -0.3 is 5.32 Å². The predicted molar refractivity (Wildman–Crippen MR) is 74.0 cm³/mol. The van der Waals surface area contributed by atoms with Crippen molar-refractivity contribution in [2.24, 2.45) is 0 Å². The van der Waals surface area contributed by atoms with Gasteiger partial charge in [-0.05, 0) is 35.8 Å². The summed E-state index contributed by atoms with van der Waals surface area (Å²) >= 11 is 2.94. The topological polar surface area (TPSA) is 29.9 Å². The maximum absolute atomic E-state index is 13.6. The molecule has 102 valence electrons. The Balaban J connectivity index is 2.07. The van der Waals surface area contributed by atoms with Crippen molar-refractivity contribution >= 4 is 21.6 Å². The second-order valence-corrected chi connectivity index (χ2v) is 5.38. The standard InChI is InChI=1S/C13H14BrF2N3/c1-8(2)19-7-9(6-18-19)5-17-13-4-11(15)10(14)3-12(13)16/h3-4,6-8,17H,5H2,1-2H3. The molecule has 0 bridgehead atoms. The second kappa shape index (κ2) is 5.69. The third-order valence-electron chi connectivity index (χ3n) is 2.68. The third-order valence-corrected chi connectivity index (χ3v) is 3.28. The number of aromatic nitrogens is 2. The molecular weight excluding hydrogens is 316 g/mol. The first kappa shape index (κ1) is 14.0. The number of rotatable bonds is 4. The van der Waals surface area contributed by atoms with Crippen LogP contribution in [0.3, 0.4) is 0 Å². The van der Waals surface area contributed by atoms with E-state index in [4.69, 9.17) is 0 Å². The summed E-state index contributed by atoms with van der Waals surface area (Å²) in [6.07, 6.45) is 3.59. The Labute approximate surface area is 118 Å². The van der Waals surface area contributed by atoms with E-state index >= 15 is 0 Å². The molecule has 1 heterocycles. The monoisotopic (exact) mass is 329 g/mol. The zero-order chi connectivity index (χ0) is 14.0. The molecule has 6 heteroatoms. The van der Waals surface area contributed by atoms with E-state index in [-0.39, 0.29) is 16.2 Å². The molecule has 0 radical (unpaired) electrons. The Bertz CT molecular complexity index is 581. The van der Waals surface area contributed by atoms with Gasteiger partial charge in [-0.1, -0.05) is 0 Å². The number of nitrogens with zero attached hydrogens (tertiary/aromatic N) is 2. The van der Waals surface area contributed by atoms with Crippen LogP contribution in [-0.4, -0.2) is 9.78 Å². The van der Waals surface area contributed by atoms with Gasteiger partial charge >= 0.3 is 0 Å². The summed E-state index contributed by atoms with van der Waals surface area (Å²) in [6.45, 7) is 4.44. The van der Waals surface area contributed by atoms with Crippen molar-refractivity contribution in [3.05, 3.63) is 46.2 Å². The predicted octanol–water partition coefficient (Wildman–Crippen LogP) is 4.12. The minimum Gasteiger partial charge on any atom is -0.378 e. The Hall–Kier alpha value is -1.43. The van der Waals surface area contributed by atoms with Crippen molar-refractivity contribution in [3.63, 3.8) is 0 Å². The molecular formula is C13H14BrF2N3. The number of benzene rings is 1. The zero-order valence-electron chi connectivity index (χ0n) is 10.6. The lowest BCUT2D eigenvalue weighted by Crippen LogP contribution is -2.02. The summed E-state index contributed by atoms with van der Waals surface area (Å²) < 4.78 is 28.8. The molecule has 0 aliphatic heterocycles. The summed E-state index contributed by atoms with van der Waals surface area (Å²) in [4.78, 5) is 0. The number of hydrogen-bond donors (Lipinski definition) is 1. The first-order chi connectivity index (χ1) is 8.97. The van der Waals surface area contributed by atoms with Gasteiger partial charge in [-0.25, -0.2) is 8.78 Å². The molecule has 0 spiro atoms. The van der Waals surface area contributed by atoms with Crippen LogP contribution in [-0.2, 0) is 6.54 Å². The molecule has 0 saturated carbocycles. The van der Waals surface area contributed by atoms with Crippen molar-refractivity contribution in [1.29, 1.82) is 0 Å². The second-order valence-electron chi connectivity index (χ2n) is 4.52. The Morgan fingerprint density at radius 3 is 2.68 bits per heavy atom. The van der Waals surface area contributed by atoms with Gasteiger partial charge in [0.05, 0.1) is 16.4 Å². The lowest BCUT2D eigenvalue weighted by Gasteiger charge is -2.07. The van der Waals surface area contributed by atoms with Gasteiger partial charge in [0.2, 0.25) is 0 Å². The van der Waals surface area contributed by atoms with E-state index in [0.717, 1.165) is 17.7 Å². The highest BCUT2D eigenvalue weighted by atomic mass is 79.9. The Morgan fingerprint density at radius 1 is 1.32 bits per heavy atom. The van der Waals surface area contributed by atoms with Gasteiger partial charge in [-0.2, -0.15) is 5.10 Å². The van der Waals surface area contributed by atoms with Crippen LogP contribution in [0.25, 0.3) is 0 Å². The van der Waals surface area contributed by atoms with E-state index < -0.39 is 11.6 Å². The quantitative estimate of drug-likeness (QED) is 0.855. The maximum Gasteiger partial charge on any atom is 0.147 e. The molecule has 19 heavy (non-hydrogen) atoms. The van der Waals surface area contributed by atoms with Crippen molar-refractivity contribution in [3.8, 4) is 0 Å². The summed E-state index contributed by atoms with van der Waals surface area (Å²) in [6, 6.07) is 2.51. The lowest BCUT2D eigenvalue weighted by molar-refractivity contribution is 0.532. The average molecular weight is 330 g/mol. The van der Waals surface area contributed by atoms with Crippen LogP contribution in [0.5, 0.6) is 0 Å². The van der Waals surface area contributed by atoms with Gasteiger partial charge in [-0.15, -0.1) is 0 Å². The molecule has 0 atom stereocenters. The van der Waals surface area contributed by atoms with Crippen molar-refractivity contribution in [1.82, 2.24) is 9.78 Å². The Morgan fingerprint density at radius 2 is 2.05 bits per heavy atom. The van der Waals surface area contributed by atoms with Crippen LogP contribution >= 0.6 is 15.9 Å². The molecule has 0 amide bonds. The molecule has 0 aliphatic rings. The summed E-state index contributed by atoms with van der Waals surface area (Å²) in [5.74, 6) is -0.994. The van der Waals surface area contributed by atoms with E-state index in [1.165, 1.54) is 0 Å². The summed E-state index contributed by atoms with van der Waals surface area (Å²) in [5, 5.41) is 7.04. The SMILES string of the molecule is CC(C)n1cc(CNc2cc(F)c(Br)cc2F)cn1. The highest BCUT2D eigenvalue weighted by molar-refractivity contribution is 9.10. The van der Waals surface area contributed by atoms with Gasteiger partial charge in [0.1, 0.15) is 11.6 Å². The molecule has 0 aliphatic carbocycles. The summed E-state index contributed by atoms with van der Waals surface area (Å²) in [5.41, 5.74) is 1.05. The van der Waals surface area contributed by atoms with E-state index in [2.05, 4.69) is 26.3 Å². The van der Waals surface area contributed by atoms with Crippen LogP contribution in [0.4, 0.5) is 14.5 Å². The molecule has 1 aromatic carbocycles. The largest absolute Gasteiger partial charge is 0.378 e. The number of hydrogen-bond acceptors (Lipinski definition) is 2. The van der Waals surface area contributed by atoms with Gasteiger partial charge in [-0.3, -0.25) is 4.68 Å². The van der Waals surface area contributed by atoms with Crippen molar-refractivity contribution < 1.29 is 8.78 Å². The minimum atomic E-state index is -0.498. The molecule has 2 aromatic rings. The van der Waals surface area contributed by atoms with Crippen LogP contribution in [0.1, 0.15) is 25.5 Å². The molecule has 0 saturated heterocycles. The third kappa shape index (κ3) is 3.32. The first-order valence-corrected chi connectivity index (χ1v) is 6.68. The fourth-order valence-corrected chi connectivity index (χ4v) is 1.92. The van der Waals surface area contributed by atoms with Crippen LogP contribution < -0.4 is 5.32 Å². The zero-order valence-corrected chi connectivity index (χ0v) is 12.2.